The first-order valence-electron chi connectivity index (χ1n) is 2.58. The topological polar surface area (TPSA) is 86.0 Å². The van der Waals surface area contributed by atoms with E-state index in [9.17, 15) is 0 Å². The Hall–Kier alpha value is -1.04. The average Bonchev–Trinajstić information content (AvgIpc) is 2.30. The minimum atomic E-state index is -0.519. The summed E-state index contributed by atoms with van der Waals surface area (Å²) in [6.07, 6.45) is 0. The fourth-order valence-corrected chi connectivity index (χ4v) is 1.32. The molecule has 2 atom stereocenters. The summed E-state index contributed by atoms with van der Waals surface area (Å²) in [5.41, 5.74) is 5.67. The summed E-state index contributed by atoms with van der Waals surface area (Å²) in [5.74, 6) is -0.519. The molecule has 1 aliphatic rings. The number of rotatable bonds is 0. The fraction of sp³-hybridized carbons (Fsp3) is 0.400. The summed E-state index contributed by atoms with van der Waals surface area (Å²) in [7, 11) is 0. The summed E-state index contributed by atoms with van der Waals surface area (Å²) in [6, 6.07) is 3.74. The molecule has 2 N–H and O–H groups in total. The Morgan fingerprint density at radius 1 is 1.60 bits per heavy atom. The fourth-order valence-electron chi connectivity index (χ4n) is 0.615. The number of nitrogens with zero attached hydrogens (tertiary/aromatic N) is 3. The summed E-state index contributed by atoms with van der Waals surface area (Å²) in [4.78, 5) is 0. The van der Waals surface area contributed by atoms with E-state index in [2.05, 4.69) is 4.40 Å². The highest BCUT2D eigenvalue weighted by Crippen LogP contribution is 2.25. The van der Waals surface area contributed by atoms with Crippen LogP contribution in [-0.2, 0) is 0 Å². The van der Waals surface area contributed by atoms with Gasteiger partial charge in [0.05, 0.1) is 11.4 Å². The van der Waals surface area contributed by atoms with Gasteiger partial charge in [-0.3, -0.25) is 0 Å². The van der Waals surface area contributed by atoms with E-state index in [1.54, 1.807) is 0 Å². The van der Waals surface area contributed by atoms with Gasteiger partial charge in [-0.1, -0.05) is 0 Å². The summed E-state index contributed by atoms with van der Waals surface area (Å²) in [6.45, 7) is 0. The van der Waals surface area contributed by atoms with Crippen LogP contribution in [-0.4, -0.2) is 11.1 Å². The molecule has 0 radical (unpaired) electrons. The molecule has 0 spiro atoms. The molecule has 50 valence electrons. The Morgan fingerprint density at radius 3 is 2.70 bits per heavy atom. The Morgan fingerprint density at radius 2 is 2.30 bits per heavy atom. The van der Waals surface area contributed by atoms with Crippen LogP contribution in [0.2, 0.25) is 0 Å². The van der Waals surface area contributed by atoms with E-state index in [1.165, 1.54) is 0 Å². The van der Waals surface area contributed by atoms with Crippen LogP contribution in [0.3, 0.4) is 0 Å². The van der Waals surface area contributed by atoms with E-state index in [0.717, 1.165) is 11.9 Å². The van der Waals surface area contributed by atoms with Crippen molar-refractivity contribution in [3.63, 3.8) is 0 Å². The second-order valence-corrected chi connectivity index (χ2v) is 2.70. The Balaban J connectivity index is 2.81. The van der Waals surface area contributed by atoms with Gasteiger partial charge in [-0.25, -0.2) is 4.40 Å². The van der Waals surface area contributed by atoms with Crippen LogP contribution in [0.1, 0.15) is 0 Å². The van der Waals surface area contributed by atoms with E-state index in [1.807, 2.05) is 12.1 Å². The van der Waals surface area contributed by atoms with E-state index in [4.69, 9.17) is 16.3 Å². The van der Waals surface area contributed by atoms with Crippen LogP contribution < -0.4 is 5.73 Å². The van der Waals surface area contributed by atoms with E-state index in [0.29, 0.717) is 0 Å². The van der Waals surface area contributed by atoms with Crippen molar-refractivity contribution in [3.05, 3.63) is 0 Å². The first kappa shape index (κ1) is 7.07. The quantitative estimate of drug-likeness (QED) is 0.496. The SMILES string of the molecule is N#CC1=NSC(N)C1C#N. The smallest absolute Gasteiger partial charge is 0.145 e. The van der Waals surface area contributed by atoms with Crippen LogP contribution in [0.25, 0.3) is 0 Å². The molecule has 0 aliphatic carbocycles. The van der Waals surface area contributed by atoms with E-state index < -0.39 is 5.92 Å². The lowest BCUT2D eigenvalue weighted by Crippen LogP contribution is -2.26. The maximum Gasteiger partial charge on any atom is 0.145 e. The standard InChI is InChI=1S/C5H4N4S/c6-1-3-4(2-7)9-10-5(3)8/h3,5H,8H2. The minimum absolute atomic E-state index is 0.236. The van der Waals surface area contributed by atoms with Gasteiger partial charge in [0.2, 0.25) is 0 Å². The summed E-state index contributed by atoms with van der Waals surface area (Å²) < 4.78 is 3.71. The lowest BCUT2D eigenvalue weighted by molar-refractivity contribution is 0.838. The van der Waals surface area contributed by atoms with Crippen molar-refractivity contribution in [2.45, 2.75) is 5.37 Å². The zero-order valence-electron chi connectivity index (χ0n) is 4.98. The van der Waals surface area contributed by atoms with Crippen molar-refractivity contribution >= 4 is 17.7 Å². The molecule has 1 heterocycles. The molecule has 0 saturated carbocycles. The molecule has 10 heavy (non-hydrogen) atoms. The minimum Gasteiger partial charge on any atom is -0.316 e. The number of hydrogen-bond donors (Lipinski definition) is 1. The third kappa shape index (κ3) is 0.971. The lowest BCUT2D eigenvalue weighted by Gasteiger charge is -2.01. The predicted molar refractivity (Wildman–Crippen MR) is 37.7 cm³/mol. The predicted octanol–water partition coefficient (Wildman–Crippen LogP) is 0.0374. The number of nitrogens with two attached hydrogens (primary N) is 1. The van der Waals surface area contributed by atoms with Gasteiger partial charge in [0.15, 0.2) is 0 Å². The van der Waals surface area contributed by atoms with Gasteiger partial charge in [0, 0.05) is 0 Å². The zero-order chi connectivity index (χ0) is 7.56. The highest BCUT2D eigenvalue weighted by molar-refractivity contribution is 7.99. The van der Waals surface area contributed by atoms with Crippen molar-refractivity contribution in [1.82, 2.24) is 0 Å². The molecule has 2 unspecified atom stereocenters. The number of hydrogen-bond acceptors (Lipinski definition) is 5. The van der Waals surface area contributed by atoms with Crippen molar-refractivity contribution in [2.75, 3.05) is 0 Å². The molecule has 0 aromatic carbocycles. The molecule has 0 saturated heterocycles. The van der Waals surface area contributed by atoms with Gasteiger partial charge >= 0.3 is 0 Å². The Bertz CT molecular complexity index is 245. The summed E-state index contributed by atoms with van der Waals surface area (Å²) >= 11 is 1.08. The molecule has 0 fully saturated rings. The zero-order valence-corrected chi connectivity index (χ0v) is 5.80. The van der Waals surface area contributed by atoms with Crippen LogP contribution in [0, 0.1) is 28.6 Å². The molecule has 0 aromatic heterocycles. The molecule has 4 nitrogen and oxygen atoms in total. The van der Waals surface area contributed by atoms with Gasteiger partial charge in [0.1, 0.15) is 17.7 Å². The monoisotopic (exact) mass is 152 g/mol. The summed E-state index contributed by atoms with van der Waals surface area (Å²) in [5, 5.41) is 16.5. The molecular formula is C5H4N4S. The van der Waals surface area contributed by atoms with Crippen LogP contribution in [0.15, 0.2) is 4.40 Å². The normalized spacial score (nSPS) is 30.5. The lowest BCUT2D eigenvalue weighted by atomic mass is 10.1. The van der Waals surface area contributed by atoms with Crippen molar-refractivity contribution in [3.8, 4) is 12.1 Å². The third-order valence-electron chi connectivity index (χ3n) is 1.15. The van der Waals surface area contributed by atoms with Gasteiger partial charge in [0.25, 0.3) is 0 Å². The van der Waals surface area contributed by atoms with Crippen LogP contribution in [0.4, 0.5) is 0 Å². The van der Waals surface area contributed by atoms with Crippen LogP contribution in [0.5, 0.6) is 0 Å². The van der Waals surface area contributed by atoms with E-state index in [-0.39, 0.29) is 11.1 Å². The van der Waals surface area contributed by atoms with Crippen LogP contribution >= 0.6 is 11.9 Å². The highest BCUT2D eigenvalue weighted by Gasteiger charge is 2.29. The molecule has 1 rings (SSSR count). The third-order valence-corrected chi connectivity index (χ3v) is 1.97. The first-order valence-corrected chi connectivity index (χ1v) is 3.42. The second-order valence-electron chi connectivity index (χ2n) is 1.77. The first-order chi connectivity index (χ1) is 4.79. The van der Waals surface area contributed by atoms with Gasteiger partial charge in [-0.15, -0.1) is 0 Å². The highest BCUT2D eigenvalue weighted by atomic mass is 32.2. The largest absolute Gasteiger partial charge is 0.316 e. The molecule has 0 bridgehead atoms. The van der Waals surface area contributed by atoms with E-state index >= 15 is 0 Å². The van der Waals surface area contributed by atoms with Crippen molar-refractivity contribution in [2.24, 2.45) is 16.0 Å². The average molecular weight is 152 g/mol. The molecule has 0 aromatic rings. The van der Waals surface area contributed by atoms with Crippen molar-refractivity contribution in [1.29, 1.82) is 10.5 Å². The Kier molecular flexibility index (Phi) is 1.91. The maximum atomic E-state index is 8.46. The molecular weight excluding hydrogens is 148 g/mol. The van der Waals surface area contributed by atoms with Crippen molar-refractivity contribution < 1.29 is 0 Å². The molecule has 0 amide bonds. The van der Waals surface area contributed by atoms with Gasteiger partial charge < -0.3 is 5.73 Å². The second kappa shape index (κ2) is 2.70. The molecule has 1 aliphatic heterocycles. The maximum absolute atomic E-state index is 8.46. The Labute approximate surface area is 62.5 Å². The molecule has 5 heteroatoms. The van der Waals surface area contributed by atoms with Gasteiger partial charge in [-0.05, 0) is 11.9 Å². The number of nitriles is 2. The van der Waals surface area contributed by atoms with Gasteiger partial charge in [-0.2, -0.15) is 10.5 Å².